The summed E-state index contributed by atoms with van der Waals surface area (Å²) in [6.07, 6.45) is 16.6. The van der Waals surface area contributed by atoms with Crippen molar-refractivity contribution in [2.24, 2.45) is 22.7 Å². The molecule has 0 saturated heterocycles. The minimum absolute atomic E-state index is 0.198. The number of rotatable bonds is 7. The predicted molar refractivity (Wildman–Crippen MR) is 97.4 cm³/mol. The van der Waals surface area contributed by atoms with Crippen molar-refractivity contribution in [2.45, 2.75) is 116 Å². The highest BCUT2D eigenvalue weighted by Crippen LogP contribution is 2.64. The van der Waals surface area contributed by atoms with Gasteiger partial charge >= 0.3 is 0 Å². The predicted octanol–water partition coefficient (Wildman–Crippen LogP) is 7.76. The summed E-state index contributed by atoms with van der Waals surface area (Å²) in [7, 11) is 0. The third-order valence-electron chi connectivity index (χ3n) is 8.27. The molecule has 2 atom stereocenters. The quantitative estimate of drug-likeness (QED) is 0.444. The first-order valence-electron chi connectivity index (χ1n) is 10.8. The number of unbranched alkanes of at least 4 members (excludes halogenated alkanes) is 2. The number of halogens is 2. The van der Waals surface area contributed by atoms with Gasteiger partial charge in [-0.1, -0.05) is 39.5 Å². The summed E-state index contributed by atoms with van der Waals surface area (Å²) in [5.41, 5.74) is 0.881. The van der Waals surface area contributed by atoms with Crippen LogP contribution in [0.3, 0.4) is 0 Å². The van der Waals surface area contributed by atoms with Crippen molar-refractivity contribution < 1.29 is 8.78 Å². The molecule has 4 fully saturated rings. The summed E-state index contributed by atoms with van der Waals surface area (Å²) in [6, 6.07) is 0. The Morgan fingerprint density at radius 2 is 1.46 bits per heavy atom. The second-order valence-electron chi connectivity index (χ2n) is 9.54. The molecule has 0 heterocycles. The highest BCUT2D eigenvalue weighted by molar-refractivity contribution is 5.04. The molecule has 4 saturated carbocycles. The van der Waals surface area contributed by atoms with Gasteiger partial charge in [-0.25, -0.2) is 8.78 Å². The van der Waals surface area contributed by atoms with E-state index in [1.165, 1.54) is 57.8 Å². The largest absolute Gasteiger partial charge is 0.251 e. The van der Waals surface area contributed by atoms with Crippen molar-refractivity contribution in [2.75, 3.05) is 0 Å². The fourth-order valence-corrected chi connectivity index (χ4v) is 6.37. The van der Waals surface area contributed by atoms with Crippen LogP contribution in [0.4, 0.5) is 8.78 Å². The van der Waals surface area contributed by atoms with E-state index in [4.69, 9.17) is 0 Å². The van der Waals surface area contributed by atoms with Gasteiger partial charge in [0, 0.05) is 12.3 Å². The smallest absolute Gasteiger partial charge is 0.207 e. The fourth-order valence-electron chi connectivity index (χ4n) is 6.37. The first kappa shape index (κ1) is 18.6. The van der Waals surface area contributed by atoms with E-state index in [0.29, 0.717) is 11.3 Å². The molecule has 0 spiro atoms. The van der Waals surface area contributed by atoms with Gasteiger partial charge in [0.15, 0.2) is 0 Å². The number of hydrogen-bond donors (Lipinski definition) is 0. The average Bonchev–Trinajstić information content (AvgIpc) is 2.60. The summed E-state index contributed by atoms with van der Waals surface area (Å²) in [5, 5.41) is 0. The van der Waals surface area contributed by atoms with Crippen molar-refractivity contribution in [1.82, 2.24) is 0 Å². The van der Waals surface area contributed by atoms with Crippen LogP contribution in [0.2, 0.25) is 0 Å². The highest BCUT2D eigenvalue weighted by Gasteiger charge is 2.55. The highest BCUT2D eigenvalue weighted by atomic mass is 19.3. The molecule has 0 aromatic heterocycles. The van der Waals surface area contributed by atoms with Crippen molar-refractivity contribution in [3.8, 4) is 0 Å². The Balaban J connectivity index is 1.61. The van der Waals surface area contributed by atoms with Crippen molar-refractivity contribution >= 4 is 0 Å². The van der Waals surface area contributed by atoms with E-state index in [1.807, 2.05) is 0 Å². The lowest BCUT2D eigenvalue weighted by atomic mass is 9.47. The zero-order valence-electron chi connectivity index (χ0n) is 16.0. The summed E-state index contributed by atoms with van der Waals surface area (Å²) < 4.78 is 29.5. The Morgan fingerprint density at radius 3 is 2.00 bits per heavy atom. The maximum absolute atomic E-state index is 14.8. The summed E-state index contributed by atoms with van der Waals surface area (Å²) in [5.74, 6) is -2.43. The molecule has 24 heavy (non-hydrogen) atoms. The minimum Gasteiger partial charge on any atom is -0.207 e. The summed E-state index contributed by atoms with van der Waals surface area (Å²) >= 11 is 0. The lowest BCUT2D eigenvalue weighted by Crippen LogP contribution is -2.49. The van der Waals surface area contributed by atoms with Gasteiger partial charge in [0.25, 0.3) is 5.92 Å². The molecule has 140 valence electrons. The van der Waals surface area contributed by atoms with Crippen LogP contribution in [0.5, 0.6) is 0 Å². The molecule has 0 aromatic carbocycles. The van der Waals surface area contributed by atoms with Gasteiger partial charge in [0.1, 0.15) is 0 Å². The van der Waals surface area contributed by atoms with Crippen molar-refractivity contribution in [3.63, 3.8) is 0 Å². The molecule has 2 heteroatoms. The second kappa shape index (κ2) is 7.23. The molecule has 2 bridgehead atoms. The van der Waals surface area contributed by atoms with Crippen LogP contribution in [0, 0.1) is 22.7 Å². The molecule has 0 nitrogen and oxygen atoms in total. The van der Waals surface area contributed by atoms with Gasteiger partial charge in [-0.05, 0) is 81.0 Å². The zero-order chi connectivity index (χ0) is 17.3. The molecule has 4 aliphatic rings. The monoisotopic (exact) mass is 340 g/mol. The van der Waals surface area contributed by atoms with Crippen LogP contribution >= 0.6 is 0 Å². The number of hydrogen-bond acceptors (Lipinski definition) is 0. The van der Waals surface area contributed by atoms with E-state index in [-0.39, 0.29) is 17.8 Å². The van der Waals surface area contributed by atoms with Gasteiger partial charge in [-0.3, -0.25) is 0 Å². The van der Waals surface area contributed by atoms with E-state index in [9.17, 15) is 8.78 Å². The second-order valence-corrected chi connectivity index (χ2v) is 9.54. The lowest BCUT2D eigenvalue weighted by Gasteiger charge is -2.58. The Morgan fingerprint density at radius 1 is 0.833 bits per heavy atom. The molecule has 0 aromatic rings. The van der Waals surface area contributed by atoms with E-state index in [1.54, 1.807) is 0 Å². The average molecular weight is 341 g/mol. The maximum Gasteiger partial charge on any atom is 0.251 e. The van der Waals surface area contributed by atoms with Gasteiger partial charge < -0.3 is 0 Å². The van der Waals surface area contributed by atoms with E-state index < -0.39 is 5.92 Å². The Kier molecular flexibility index (Phi) is 5.62. The topological polar surface area (TPSA) is 0 Å². The first-order chi connectivity index (χ1) is 11.5. The van der Waals surface area contributed by atoms with Crippen LogP contribution in [-0.2, 0) is 0 Å². The molecule has 0 N–H and O–H groups in total. The Bertz CT molecular complexity index is 390. The zero-order valence-corrected chi connectivity index (χ0v) is 16.0. The summed E-state index contributed by atoms with van der Waals surface area (Å²) in [4.78, 5) is 0. The Hall–Kier alpha value is -0.140. The molecule has 0 radical (unpaired) electrons. The molecule has 2 unspecified atom stereocenters. The third kappa shape index (κ3) is 3.54. The van der Waals surface area contributed by atoms with Crippen molar-refractivity contribution in [3.05, 3.63) is 0 Å². The molecule has 4 rings (SSSR count). The minimum atomic E-state index is -2.40. The molecular formula is C22H38F2. The standard InChI is InChI=1S/C22H38F2/c1-3-5-7-18-8-9-19(17-22(18,23)24)21-14-11-20(12-15-21,13-16-21)10-6-4-2/h18-19H,3-17H2,1-2H3. The lowest BCUT2D eigenvalue weighted by molar-refractivity contribution is -0.148. The number of fused-ring (bicyclic) bond motifs is 3. The SMILES string of the molecule is CCCCC1CCC(C23CCC(CCCC)(CC2)CC3)CC1(F)F. The van der Waals surface area contributed by atoms with E-state index in [0.717, 1.165) is 32.1 Å². The molecule has 0 aliphatic heterocycles. The maximum atomic E-state index is 14.8. The van der Waals surface area contributed by atoms with Crippen LogP contribution in [-0.4, -0.2) is 5.92 Å². The van der Waals surface area contributed by atoms with Gasteiger partial charge in [0.2, 0.25) is 0 Å². The molecule has 0 amide bonds. The van der Waals surface area contributed by atoms with Gasteiger partial charge in [0.05, 0.1) is 0 Å². The first-order valence-corrected chi connectivity index (χ1v) is 10.8. The van der Waals surface area contributed by atoms with Gasteiger partial charge in [-0.2, -0.15) is 0 Å². The van der Waals surface area contributed by atoms with E-state index >= 15 is 0 Å². The van der Waals surface area contributed by atoms with E-state index in [2.05, 4.69) is 13.8 Å². The van der Waals surface area contributed by atoms with Crippen molar-refractivity contribution in [1.29, 1.82) is 0 Å². The normalized spacial score (nSPS) is 41.5. The summed E-state index contributed by atoms with van der Waals surface area (Å²) in [6.45, 7) is 4.39. The molecule has 4 aliphatic carbocycles. The number of alkyl halides is 2. The van der Waals surface area contributed by atoms with Crippen LogP contribution in [0.15, 0.2) is 0 Å². The van der Waals surface area contributed by atoms with Crippen LogP contribution < -0.4 is 0 Å². The van der Waals surface area contributed by atoms with Gasteiger partial charge in [-0.15, -0.1) is 0 Å². The van der Waals surface area contributed by atoms with Crippen LogP contribution in [0.25, 0.3) is 0 Å². The third-order valence-corrected chi connectivity index (χ3v) is 8.27. The fraction of sp³-hybridized carbons (Fsp3) is 1.00. The molecular weight excluding hydrogens is 302 g/mol. The van der Waals surface area contributed by atoms with Crippen LogP contribution in [0.1, 0.15) is 110 Å². The Labute approximate surface area is 148 Å².